The van der Waals surface area contributed by atoms with Crippen LogP contribution in [0.5, 0.6) is 0 Å². The van der Waals surface area contributed by atoms with Gasteiger partial charge < -0.3 is 10.6 Å². The van der Waals surface area contributed by atoms with Gasteiger partial charge in [0.2, 0.25) is 0 Å². The second kappa shape index (κ2) is 10.2. The highest BCUT2D eigenvalue weighted by atomic mass is 19.1. The molecule has 0 aliphatic rings. The zero-order valence-corrected chi connectivity index (χ0v) is 18.1. The predicted octanol–water partition coefficient (Wildman–Crippen LogP) is 5.55. The van der Waals surface area contributed by atoms with E-state index in [1.807, 2.05) is 30.3 Å². The van der Waals surface area contributed by atoms with E-state index in [1.165, 1.54) is 24.3 Å². The van der Waals surface area contributed by atoms with E-state index >= 15 is 0 Å². The van der Waals surface area contributed by atoms with Crippen LogP contribution >= 0.6 is 0 Å². The average molecular weight is 449 g/mol. The third kappa shape index (κ3) is 5.17. The molecule has 5 nitrogen and oxygen atoms in total. The zero-order valence-electron chi connectivity index (χ0n) is 18.1. The van der Waals surface area contributed by atoms with Crippen molar-refractivity contribution in [1.29, 1.82) is 5.26 Å². The number of carbonyl (C=O) groups is 2. The average Bonchev–Trinajstić information content (AvgIpc) is 2.88. The van der Waals surface area contributed by atoms with E-state index in [4.69, 9.17) is 0 Å². The van der Waals surface area contributed by atoms with Gasteiger partial charge in [0, 0.05) is 28.9 Å². The van der Waals surface area contributed by atoms with Crippen molar-refractivity contribution in [1.82, 2.24) is 5.32 Å². The highest BCUT2D eigenvalue weighted by molar-refractivity contribution is 6.04. The Labute approximate surface area is 196 Å². The molecule has 0 bridgehead atoms. The predicted molar refractivity (Wildman–Crippen MR) is 129 cm³/mol. The lowest BCUT2D eigenvalue weighted by atomic mass is 9.95. The van der Waals surface area contributed by atoms with Crippen molar-refractivity contribution in [3.63, 3.8) is 0 Å². The molecule has 4 rings (SSSR count). The summed E-state index contributed by atoms with van der Waals surface area (Å²) in [6.45, 7) is 0.243. The number of nitriles is 1. The molecule has 2 N–H and O–H groups in total. The molecule has 0 aromatic heterocycles. The molecule has 0 atom stereocenters. The number of hydrogen-bond donors (Lipinski definition) is 2. The Balaban J connectivity index is 1.47. The fourth-order valence-electron chi connectivity index (χ4n) is 3.57. The molecule has 0 saturated carbocycles. The van der Waals surface area contributed by atoms with Gasteiger partial charge in [-0.05, 0) is 59.7 Å². The van der Waals surface area contributed by atoms with Gasteiger partial charge in [-0.3, -0.25) is 9.59 Å². The van der Waals surface area contributed by atoms with Gasteiger partial charge >= 0.3 is 0 Å². The molecule has 166 valence electrons. The van der Waals surface area contributed by atoms with Crippen LogP contribution in [0.1, 0.15) is 31.8 Å². The van der Waals surface area contributed by atoms with Crippen molar-refractivity contribution < 1.29 is 14.0 Å². The Bertz CT molecular complexity index is 1390. The molecule has 34 heavy (non-hydrogen) atoms. The monoisotopic (exact) mass is 449 g/mol. The number of anilines is 1. The molecule has 0 aliphatic carbocycles. The molecular weight excluding hydrogens is 429 g/mol. The Hall–Kier alpha value is -4.76. The second-order valence-corrected chi connectivity index (χ2v) is 7.55. The van der Waals surface area contributed by atoms with Gasteiger partial charge in [0.15, 0.2) is 0 Å². The van der Waals surface area contributed by atoms with E-state index in [2.05, 4.69) is 16.7 Å². The van der Waals surface area contributed by atoms with Crippen molar-refractivity contribution in [2.75, 3.05) is 5.32 Å². The van der Waals surface area contributed by atoms with Crippen LogP contribution in [0.25, 0.3) is 11.1 Å². The SMILES string of the molecule is N#Cc1ccccc1-c1ccccc1C(=O)NCc1cccc(NC(=O)c2ccc(F)cc2)c1. The Kier molecular flexibility index (Phi) is 6.76. The summed E-state index contributed by atoms with van der Waals surface area (Å²) in [5, 5.41) is 15.1. The third-order valence-corrected chi connectivity index (χ3v) is 5.25. The third-order valence-electron chi connectivity index (χ3n) is 5.25. The molecule has 0 aliphatic heterocycles. The summed E-state index contributed by atoms with van der Waals surface area (Å²) < 4.78 is 13.1. The van der Waals surface area contributed by atoms with E-state index < -0.39 is 5.82 Å². The van der Waals surface area contributed by atoms with Crippen LogP contribution in [0.3, 0.4) is 0 Å². The van der Waals surface area contributed by atoms with Crippen LogP contribution in [-0.4, -0.2) is 11.8 Å². The Morgan fingerprint density at radius 2 is 1.50 bits per heavy atom. The standard InChI is InChI=1S/C28H20FN3O2/c29-22-14-12-20(13-15-22)27(33)32-23-8-5-6-19(16-23)18-31-28(34)26-11-4-3-10-25(26)24-9-2-1-7-21(24)17-30/h1-16H,18H2,(H,31,34)(H,32,33). The summed E-state index contributed by atoms with van der Waals surface area (Å²) in [5.74, 6) is -1.04. The number of nitrogens with zero attached hydrogens (tertiary/aromatic N) is 1. The van der Waals surface area contributed by atoms with Gasteiger partial charge in [-0.25, -0.2) is 4.39 Å². The lowest BCUT2D eigenvalue weighted by molar-refractivity contribution is 0.0950. The van der Waals surface area contributed by atoms with Crippen LogP contribution in [0.2, 0.25) is 0 Å². The fourth-order valence-corrected chi connectivity index (χ4v) is 3.57. The van der Waals surface area contributed by atoms with Crippen LogP contribution in [-0.2, 0) is 6.54 Å². The summed E-state index contributed by atoms with van der Waals surface area (Å²) in [6.07, 6.45) is 0. The first-order chi connectivity index (χ1) is 16.5. The van der Waals surface area contributed by atoms with E-state index in [0.29, 0.717) is 33.5 Å². The zero-order chi connectivity index (χ0) is 23.9. The summed E-state index contributed by atoms with van der Waals surface area (Å²) in [6, 6.07) is 28.9. The highest BCUT2D eigenvalue weighted by Gasteiger charge is 2.15. The van der Waals surface area contributed by atoms with Gasteiger partial charge in [-0.1, -0.05) is 48.5 Å². The van der Waals surface area contributed by atoms with Crippen molar-refractivity contribution in [3.05, 3.63) is 125 Å². The minimum Gasteiger partial charge on any atom is -0.348 e. The maximum Gasteiger partial charge on any atom is 0.255 e. The topological polar surface area (TPSA) is 82.0 Å². The van der Waals surface area contributed by atoms with Crippen molar-refractivity contribution in [2.45, 2.75) is 6.54 Å². The number of hydrogen-bond acceptors (Lipinski definition) is 3. The molecule has 0 spiro atoms. The van der Waals surface area contributed by atoms with Crippen molar-refractivity contribution >= 4 is 17.5 Å². The van der Waals surface area contributed by atoms with Gasteiger partial charge in [0.1, 0.15) is 5.82 Å². The second-order valence-electron chi connectivity index (χ2n) is 7.55. The molecule has 0 radical (unpaired) electrons. The van der Waals surface area contributed by atoms with E-state index in [9.17, 15) is 19.2 Å². The van der Waals surface area contributed by atoms with E-state index in [0.717, 1.165) is 5.56 Å². The number of amides is 2. The van der Waals surface area contributed by atoms with Gasteiger partial charge in [0.25, 0.3) is 11.8 Å². The first-order valence-electron chi connectivity index (χ1n) is 10.6. The number of nitrogens with one attached hydrogen (secondary N) is 2. The van der Waals surface area contributed by atoms with Crippen LogP contribution in [0.15, 0.2) is 97.1 Å². The largest absolute Gasteiger partial charge is 0.348 e. The maximum absolute atomic E-state index is 13.1. The van der Waals surface area contributed by atoms with Gasteiger partial charge in [-0.15, -0.1) is 0 Å². The molecule has 4 aromatic rings. The lowest BCUT2D eigenvalue weighted by Gasteiger charge is -2.12. The minimum atomic E-state index is -0.410. The highest BCUT2D eigenvalue weighted by Crippen LogP contribution is 2.27. The minimum absolute atomic E-state index is 0.243. The maximum atomic E-state index is 13.1. The van der Waals surface area contributed by atoms with Crippen molar-refractivity contribution in [3.8, 4) is 17.2 Å². The van der Waals surface area contributed by atoms with Crippen LogP contribution < -0.4 is 10.6 Å². The van der Waals surface area contributed by atoms with E-state index in [-0.39, 0.29) is 18.4 Å². The number of carbonyl (C=O) groups excluding carboxylic acids is 2. The Morgan fingerprint density at radius 1 is 0.794 bits per heavy atom. The summed E-state index contributed by atoms with van der Waals surface area (Å²) in [7, 11) is 0. The molecular formula is C28H20FN3O2. The number of rotatable bonds is 6. The van der Waals surface area contributed by atoms with E-state index in [1.54, 1.807) is 42.5 Å². The molecule has 0 unspecified atom stereocenters. The smallest absolute Gasteiger partial charge is 0.255 e. The quantitative estimate of drug-likeness (QED) is 0.405. The Morgan fingerprint density at radius 3 is 2.26 bits per heavy atom. The van der Waals surface area contributed by atoms with Crippen LogP contribution in [0, 0.1) is 17.1 Å². The molecule has 4 aromatic carbocycles. The normalized spacial score (nSPS) is 10.2. The van der Waals surface area contributed by atoms with Gasteiger partial charge in [-0.2, -0.15) is 5.26 Å². The fraction of sp³-hybridized carbons (Fsp3) is 0.0357. The molecule has 0 saturated heterocycles. The molecule has 0 heterocycles. The molecule has 0 fully saturated rings. The molecule has 2 amide bonds. The first-order valence-corrected chi connectivity index (χ1v) is 10.6. The first kappa shape index (κ1) is 22.4. The van der Waals surface area contributed by atoms with Gasteiger partial charge in [0.05, 0.1) is 11.6 Å². The number of benzene rings is 4. The van der Waals surface area contributed by atoms with Crippen molar-refractivity contribution in [2.24, 2.45) is 0 Å². The van der Waals surface area contributed by atoms with Crippen LogP contribution in [0.4, 0.5) is 10.1 Å². The molecule has 6 heteroatoms. The number of halogens is 1. The summed E-state index contributed by atoms with van der Waals surface area (Å²) in [4.78, 5) is 25.4. The lowest BCUT2D eigenvalue weighted by Crippen LogP contribution is -2.23. The summed E-state index contributed by atoms with van der Waals surface area (Å²) in [5.41, 5.74) is 4.02. The summed E-state index contributed by atoms with van der Waals surface area (Å²) >= 11 is 0.